The van der Waals surface area contributed by atoms with Gasteiger partial charge in [0.15, 0.2) is 0 Å². The second-order valence-corrected chi connectivity index (χ2v) is 5.15. The predicted molar refractivity (Wildman–Crippen MR) is 63.8 cm³/mol. The van der Waals surface area contributed by atoms with E-state index in [4.69, 9.17) is 5.73 Å². The Hall–Kier alpha value is -0.980. The fourth-order valence-electron chi connectivity index (χ4n) is 1.31. The first-order chi connectivity index (χ1) is 7.25. The molecule has 0 bridgehead atoms. The van der Waals surface area contributed by atoms with Crippen molar-refractivity contribution in [2.75, 3.05) is 12.8 Å². The summed E-state index contributed by atoms with van der Waals surface area (Å²) >= 11 is 3.01. The van der Waals surface area contributed by atoms with E-state index in [0.29, 0.717) is 5.00 Å². The van der Waals surface area contributed by atoms with Crippen LogP contribution in [0.25, 0.3) is 0 Å². The van der Waals surface area contributed by atoms with Crippen molar-refractivity contribution in [3.63, 3.8) is 0 Å². The first-order valence-electron chi connectivity index (χ1n) is 4.53. The zero-order valence-corrected chi connectivity index (χ0v) is 10.0. The van der Waals surface area contributed by atoms with Gasteiger partial charge in [-0.1, -0.05) is 10.6 Å². The molecule has 0 aliphatic heterocycles. The van der Waals surface area contributed by atoms with E-state index in [1.165, 1.54) is 16.4 Å². The molecule has 0 saturated heterocycles. The normalized spacial score (nSPS) is 11.1. The third kappa shape index (κ3) is 2.74. The molecular formula is C9H12N4S2. The summed E-state index contributed by atoms with van der Waals surface area (Å²) in [7, 11) is 2.05. The first kappa shape index (κ1) is 10.5. The van der Waals surface area contributed by atoms with Crippen LogP contribution in [0.5, 0.6) is 0 Å². The molecule has 0 amide bonds. The molecule has 0 spiro atoms. The number of nitrogens with two attached hydrogens (primary N) is 1. The van der Waals surface area contributed by atoms with Crippen molar-refractivity contribution in [2.45, 2.75) is 13.1 Å². The van der Waals surface area contributed by atoms with Crippen LogP contribution >= 0.6 is 22.9 Å². The molecule has 2 heterocycles. The van der Waals surface area contributed by atoms with Crippen molar-refractivity contribution in [3.8, 4) is 0 Å². The van der Waals surface area contributed by atoms with E-state index >= 15 is 0 Å². The molecule has 0 aliphatic carbocycles. The van der Waals surface area contributed by atoms with Crippen molar-refractivity contribution in [1.82, 2.24) is 14.5 Å². The van der Waals surface area contributed by atoms with E-state index < -0.39 is 0 Å². The van der Waals surface area contributed by atoms with Crippen LogP contribution in [-0.2, 0) is 13.1 Å². The molecule has 6 heteroatoms. The average molecular weight is 240 g/mol. The molecule has 2 N–H and O–H groups in total. The van der Waals surface area contributed by atoms with Gasteiger partial charge in [-0.2, -0.15) is 0 Å². The predicted octanol–water partition coefficient (Wildman–Crippen LogP) is 1.81. The van der Waals surface area contributed by atoms with Gasteiger partial charge in [0.1, 0.15) is 10.7 Å². The highest BCUT2D eigenvalue weighted by molar-refractivity contribution is 7.10. The molecule has 0 fully saturated rings. The smallest absolute Gasteiger partial charge is 0.132 e. The largest absolute Gasteiger partial charge is 0.388 e. The van der Waals surface area contributed by atoms with Crippen molar-refractivity contribution in [1.29, 1.82) is 0 Å². The lowest BCUT2D eigenvalue weighted by Crippen LogP contribution is -2.17. The summed E-state index contributed by atoms with van der Waals surface area (Å²) in [5.41, 5.74) is 6.61. The van der Waals surface area contributed by atoms with Gasteiger partial charge in [0.05, 0.1) is 0 Å². The second-order valence-electron chi connectivity index (χ2n) is 3.34. The number of thiophene rings is 1. The molecular weight excluding hydrogens is 228 g/mol. The van der Waals surface area contributed by atoms with Crippen LogP contribution in [0.15, 0.2) is 17.5 Å². The summed E-state index contributed by atoms with van der Waals surface area (Å²) in [6.45, 7) is 1.68. The number of hydrogen-bond donors (Lipinski definition) is 1. The molecule has 0 aromatic carbocycles. The molecule has 0 saturated carbocycles. The van der Waals surface area contributed by atoms with E-state index in [1.54, 1.807) is 11.3 Å². The van der Waals surface area contributed by atoms with E-state index in [9.17, 15) is 0 Å². The quantitative estimate of drug-likeness (QED) is 0.885. The molecule has 80 valence electrons. The molecule has 0 radical (unpaired) electrons. The summed E-state index contributed by atoms with van der Waals surface area (Å²) in [4.78, 5) is 3.53. The number of anilines is 1. The first-order valence-corrected chi connectivity index (χ1v) is 6.18. The van der Waals surface area contributed by atoms with Crippen molar-refractivity contribution in [2.24, 2.45) is 0 Å². The summed E-state index contributed by atoms with van der Waals surface area (Å²) in [5, 5.41) is 6.79. The Morgan fingerprint density at radius 2 is 2.33 bits per heavy atom. The summed E-state index contributed by atoms with van der Waals surface area (Å²) in [6, 6.07) is 4.19. The third-order valence-corrected chi connectivity index (χ3v) is 3.47. The molecule has 2 aromatic heterocycles. The maximum Gasteiger partial charge on any atom is 0.132 e. The maximum atomic E-state index is 5.73. The number of hydrogen-bond acceptors (Lipinski definition) is 6. The minimum atomic E-state index is 0.716. The summed E-state index contributed by atoms with van der Waals surface area (Å²) in [5.74, 6) is 0. The van der Waals surface area contributed by atoms with Crippen molar-refractivity contribution in [3.05, 3.63) is 28.1 Å². The highest BCUT2D eigenvalue weighted by Gasteiger charge is 2.08. The SMILES string of the molecule is CN(Cc1cccs1)Cc1nnsc1N. The molecule has 0 aliphatic rings. The van der Waals surface area contributed by atoms with Crippen LogP contribution in [0.4, 0.5) is 5.00 Å². The van der Waals surface area contributed by atoms with Crippen LogP contribution < -0.4 is 5.73 Å². The van der Waals surface area contributed by atoms with Gasteiger partial charge in [-0.15, -0.1) is 16.4 Å². The number of rotatable bonds is 4. The average Bonchev–Trinajstić information content (AvgIpc) is 2.79. The van der Waals surface area contributed by atoms with Crippen LogP contribution in [0.1, 0.15) is 10.6 Å². The Kier molecular flexibility index (Phi) is 3.30. The summed E-state index contributed by atoms with van der Waals surface area (Å²) in [6.07, 6.45) is 0. The van der Waals surface area contributed by atoms with Crippen LogP contribution in [-0.4, -0.2) is 21.5 Å². The van der Waals surface area contributed by atoms with Gasteiger partial charge in [-0.05, 0) is 18.5 Å². The highest BCUT2D eigenvalue weighted by atomic mass is 32.1. The second kappa shape index (κ2) is 4.69. The third-order valence-electron chi connectivity index (χ3n) is 2.01. The van der Waals surface area contributed by atoms with Gasteiger partial charge >= 0.3 is 0 Å². The van der Waals surface area contributed by atoms with E-state index in [1.807, 2.05) is 0 Å². The topological polar surface area (TPSA) is 55.0 Å². The number of nitrogen functional groups attached to an aromatic ring is 1. The van der Waals surface area contributed by atoms with Gasteiger partial charge in [0.2, 0.25) is 0 Å². The van der Waals surface area contributed by atoms with Crippen molar-refractivity contribution < 1.29 is 0 Å². The maximum absolute atomic E-state index is 5.73. The fourth-order valence-corrected chi connectivity index (χ4v) is 2.53. The molecule has 0 atom stereocenters. The molecule has 4 nitrogen and oxygen atoms in total. The van der Waals surface area contributed by atoms with Gasteiger partial charge < -0.3 is 5.73 Å². The van der Waals surface area contributed by atoms with Gasteiger partial charge in [-0.3, -0.25) is 4.90 Å². The Morgan fingerprint density at radius 1 is 1.47 bits per heavy atom. The highest BCUT2D eigenvalue weighted by Crippen LogP contribution is 2.16. The van der Waals surface area contributed by atoms with Gasteiger partial charge in [0, 0.05) is 29.5 Å². The zero-order chi connectivity index (χ0) is 10.7. The molecule has 2 rings (SSSR count). The minimum Gasteiger partial charge on any atom is -0.388 e. The zero-order valence-electron chi connectivity index (χ0n) is 8.38. The number of nitrogens with zero attached hydrogens (tertiary/aromatic N) is 3. The standard InChI is InChI=1S/C9H12N4S2/c1-13(5-7-3-2-4-14-7)6-8-9(10)15-12-11-8/h2-4H,5-6,10H2,1H3. The van der Waals surface area contributed by atoms with Gasteiger partial charge in [-0.25, -0.2) is 0 Å². The monoisotopic (exact) mass is 240 g/mol. The summed E-state index contributed by atoms with van der Waals surface area (Å²) < 4.78 is 3.81. The molecule has 0 unspecified atom stereocenters. The van der Waals surface area contributed by atoms with E-state index in [-0.39, 0.29) is 0 Å². The lowest BCUT2D eigenvalue weighted by atomic mass is 10.4. The Morgan fingerprint density at radius 3 is 2.93 bits per heavy atom. The lowest BCUT2D eigenvalue weighted by molar-refractivity contribution is 0.318. The Bertz CT molecular complexity index is 409. The lowest BCUT2D eigenvalue weighted by Gasteiger charge is -2.13. The van der Waals surface area contributed by atoms with Crippen LogP contribution in [0, 0.1) is 0 Å². The fraction of sp³-hybridized carbons (Fsp3) is 0.333. The minimum absolute atomic E-state index is 0.716. The Labute approximate surface area is 96.5 Å². The van der Waals surface area contributed by atoms with Crippen LogP contribution in [0.3, 0.4) is 0 Å². The van der Waals surface area contributed by atoms with Crippen molar-refractivity contribution >= 4 is 27.9 Å². The number of aromatic nitrogens is 2. The molecule has 15 heavy (non-hydrogen) atoms. The van der Waals surface area contributed by atoms with Crippen LogP contribution in [0.2, 0.25) is 0 Å². The van der Waals surface area contributed by atoms with E-state index in [2.05, 4.69) is 39.0 Å². The molecule has 2 aromatic rings. The Balaban J connectivity index is 1.93. The van der Waals surface area contributed by atoms with E-state index in [0.717, 1.165) is 18.8 Å². The van der Waals surface area contributed by atoms with Gasteiger partial charge in [0.25, 0.3) is 0 Å².